The molecule has 0 aliphatic rings. The topological polar surface area (TPSA) is 92.5 Å². The molecule has 0 spiro atoms. The Hall–Kier alpha value is -2.44. The van der Waals surface area contributed by atoms with E-state index in [0.717, 1.165) is 11.6 Å². The van der Waals surface area contributed by atoms with Gasteiger partial charge in [0.1, 0.15) is 0 Å². The number of halogens is 1. The number of nitro benzene ring substituents is 1. The van der Waals surface area contributed by atoms with Crippen LogP contribution < -0.4 is 5.32 Å². The van der Waals surface area contributed by atoms with Crippen LogP contribution in [0.4, 0.5) is 5.69 Å². The molecule has 126 valence electrons. The van der Waals surface area contributed by atoms with Gasteiger partial charge >= 0.3 is 0 Å². The fraction of sp³-hybridized carbons (Fsp3) is 0.235. The summed E-state index contributed by atoms with van der Waals surface area (Å²) in [4.78, 5) is 22.4. The molecule has 2 N–H and O–H groups in total. The minimum Gasteiger partial charge on any atom is -0.396 e. The van der Waals surface area contributed by atoms with Gasteiger partial charge in [-0.05, 0) is 18.1 Å². The summed E-state index contributed by atoms with van der Waals surface area (Å²) in [6.45, 7) is 0.338. The lowest BCUT2D eigenvalue weighted by Gasteiger charge is -2.17. The number of nitrogens with zero attached hydrogens (tertiary/aromatic N) is 1. The minimum atomic E-state index is -0.569. The quantitative estimate of drug-likeness (QED) is 0.593. The Labute approximate surface area is 144 Å². The SMILES string of the molecule is O=C(NCC(CCO)c1ccccc1)c1ccc([N+](=O)[O-])cc1Cl. The maximum Gasteiger partial charge on any atom is 0.270 e. The van der Waals surface area contributed by atoms with Crippen LogP contribution in [-0.2, 0) is 0 Å². The normalized spacial score (nSPS) is 11.8. The van der Waals surface area contributed by atoms with Gasteiger partial charge in [-0.3, -0.25) is 14.9 Å². The van der Waals surface area contributed by atoms with Gasteiger partial charge in [0.05, 0.1) is 15.5 Å². The van der Waals surface area contributed by atoms with Crippen LogP contribution in [0.5, 0.6) is 0 Å². The van der Waals surface area contributed by atoms with Crippen LogP contribution >= 0.6 is 11.6 Å². The number of rotatable bonds is 7. The molecule has 0 radical (unpaired) electrons. The Balaban J connectivity index is 2.07. The molecule has 0 saturated heterocycles. The smallest absolute Gasteiger partial charge is 0.270 e. The van der Waals surface area contributed by atoms with Crippen molar-refractivity contribution in [2.75, 3.05) is 13.2 Å². The van der Waals surface area contributed by atoms with Gasteiger partial charge in [0, 0.05) is 31.2 Å². The Morgan fingerprint density at radius 2 is 1.96 bits per heavy atom. The molecule has 1 atom stereocenters. The molecule has 2 aromatic carbocycles. The predicted molar refractivity (Wildman–Crippen MR) is 91.3 cm³/mol. The molecule has 1 amide bonds. The molecular weight excluding hydrogens is 332 g/mol. The van der Waals surface area contributed by atoms with Gasteiger partial charge in [-0.1, -0.05) is 41.9 Å². The van der Waals surface area contributed by atoms with E-state index in [1.165, 1.54) is 12.1 Å². The van der Waals surface area contributed by atoms with Crippen molar-refractivity contribution < 1.29 is 14.8 Å². The Bertz CT molecular complexity index is 722. The molecule has 24 heavy (non-hydrogen) atoms. The number of carbonyl (C=O) groups excluding carboxylic acids is 1. The Morgan fingerprint density at radius 3 is 2.54 bits per heavy atom. The van der Waals surface area contributed by atoms with Crippen molar-refractivity contribution in [2.45, 2.75) is 12.3 Å². The summed E-state index contributed by atoms with van der Waals surface area (Å²) in [6, 6.07) is 13.3. The molecule has 2 rings (SSSR count). The van der Waals surface area contributed by atoms with Crippen molar-refractivity contribution in [3.63, 3.8) is 0 Å². The van der Waals surface area contributed by atoms with Crippen LogP contribution in [0.25, 0.3) is 0 Å². The van der Waals surface area contributed by atoms with E-state index < -0.39 is 10.8 Å². The van der Waals surface area contributed by atoms with Crippen LogP contribution in [0.3, 0.4) is 0 Å². The largest absolute Gasteiger partial charge is 0.396 e. The molecule has 1 unspecified atom stereocenters. The molecule has 7 heteroatoms. The Kier molecular flexibility index (Phi) is 6.28. The standard InChI is InChI=1S/C17H17ClN2O4/c18-16-10-14(20(23)24)6-7-15(16)17(22)19-11-13(8-9-21)12-4-2-1-3-5-12/h1-7,10,13,21H,8-9,11H2,(H,19,22). The number of hydrogen-bond donors (Lipinski definition) is 2. The molecule has 0 aliphatic carbocycles. The summed E-state index contributed by atoms with van der Waals surface area (Å²) >= 11 is 5.96. The second kappa shape index (κ2) is 8.42. The lowest BCUT2D eigenvalue weighted by Crippen LogP contribution is -2.29. The summed E-state index contributed by atoms with van der Waals surface area (Å²) in [5, 5.41) is 22.7. The van der Waals surface area contributed by atoms with Gasteiger partial charge in [-0.25, -0.2) is 0 Å². The third-order valence-electron chi connectivity index (χ3n) is 3.67. The molecule has 0 heterocycles. The van der Waals surface area contributed by atoms with Crippen LogP contribution in [0.2, 0.25) is 5.02 Å². The second-order valence-corrected chi connectivity index (χ2v) is 5.66. The number of nitrogens with one attached hydrogen (secondary N) is 1. The van der Waals surface area contributed by atoms with Gasteiger partial charge in [0.25, 0.3) is 11.6 Å². The first-order valence-electron chi connectivity index (χ1n) is 7.41. The van der Waals surface area contributed by atoms with Gasteiger partial charge < -0.3 is 10.4 Å². The number of aliphatic hydroxyl groups is 1. The molecular formula is C17H17ClN2O4. The summed E-state index contributed by atoms with van der Waals surface area (Å²) in [5.41, 5.74) is 1.03. The highest BCUT2D eigenvalue weighted by Gasteiger charge is 2.17. The van der Waals surface area contributed by atoms with Crippen molar-refractivity contribution in [3.8, 4) is 0 Å². The number of hydrogen-bond acceptors (Lipinski definition) is 4. The highest BCUT2D eigenvalue weighted by molar-refractivity contribution is 6.34. The third-order valence-corrected chi connectivity index (χ3v) is 3.98. The average Bonchev–Trinajstić information content (AvgIpc) is 2.58. The number of amides is 1. The van der Waals surface area contributed by atoms with Gasteiger partial charge in [0.15, 0.2) is 0 Å². The van der Waals surface area contributed by atoms with E-state index in [-0.39, 0.29) is 28.8 Å². The lowest BCUT2D eigenvalue weighted by molar-refractivity contribution is -0.384. The monoisotopic (exact) mass is 348 g/mol. The number of non-ortho nitro benzene ring substituents is 1. The molecule has 0 bridgehead atoms. The maximum absolute atomic E-state index is 12.3. The first kappa shape index (κ1) is 17.9. The molecule has 6 nitrogen and oxygen atoms in total. The first-order chi connectivity index (χ1) is 11.5. The highest BCUT2D eigenvalue weighted by atomic mass is 35.5. The zero-order valence-electron chi connectivity index (χ0n) is 12.8. The van der Waals surface area contributed by atoms with Gasteiger partial charge in [-0.15, -0.1) is 0 Å². The van der Waals surface area contributed by atoms with E-state index in [2.05, 4.69) is 5.32 Å². The second-order valence-electron chi connectivity index (χ2n) is 5.25. The van der Waals surface area contributed by atoms with E-state index >= 15 is 0 Å². The van der Waals surface area contributed by atoms with Crippen molar-refractivity contribution >= 4 is 23.2 Å². The zero-order valence-corrected chi connectivity index (χ0v) is 13.6. The van der Waals surface area contributed by atoms with E-state index in [9.17, 15) is 20.0 Å². The molecule has 0 fully saturated rings. The fourth-order valence-corrected chi connectivity index (χ4v) is 2.64. The van der Waals surface area contributed by atoms with Crippen molar-refractivity contribution in [2.24, 2.45) is 0 Å². The van der Waals surface area contributed by atoms with Crippen molar-refractivity contribution in [1.29, 1.82) is 0 Å². The molecule has 2 aromatic rings. The predicted octanol–water partition coefficient (Wildman–Crippen LogP) is 3.14. The van der Waals surface area contributed by atoms with E-state index in [1.54, 1.807) is 0 Å². The van der Waals surface area contributed by atoms with E-state index in [1.807, 2.05) is 30.3 Å². The first-order valence-corrected chi connectivity index (χ1v) is 7.78. The lowest BCUT2D eigenvalue weighted by atomic mass is 9.96. The highest BCUT2D eigenvalue weighted by Crippen LogP contribution is 2.23. The zero-order chi connectivity index (χ0) is 17.5. The van der Waals surface area contributed by atoms with E-state index in [4.69, 9.17) is 11.6 Å². The molecule has 0 saturated carbocycles. The van der Waals surface area contributed by atoms with Gasteiger partial charge in [0.2, 0.25) is 0 Å². The summed E-state index contributed by atoms with van der Waals surface area (Å²) in [7, 11) is 0. The fourth-order valence-electron chi connectivity index (χ4n) is 2.38. The number of aliphatic hydroxyl groups excluding tert-OH is 1. The van der Waals surface area contributed by atoms with Crippen LogP contribution in [-0.4, -0.2) is 29.1 Å². The third kappa shape index (κ3) is 4.53. The molecule has 0 aliphatic heterocycles. The number of benzene rings is 2. The Morgan fingerprint density at radius 1 is 1.25 bits per heavy atom. The number of carbonyl (C=O) groups is 1. The van der Waals surface area contributed by atoms with E-state index in [0.29, 0.717) is 13.0 Å². The van der Waals surface area contributed by atoms with Crippen LogP contribution in [0.1, 0.15) is 28.3 Å². The average molecular weight is 349 g/mol. The minimum absolute atomic E-state index is 0.00766. The maximum atomic E-state index is 12.3. The van der Waals surface area contributed by atoms with Crippen molar-refractivity contribution in [1.82, 2.24) is 5.32 Å². The number of nitro groups is 1. The molecule has 0 aromatic heterocycles. The van der Waals surface area contributed by atoms with Crippen LogP contribution in [0, 0.1) is 10.1 Å². The van der Waals surface area contributed by atoms with Gasteiger partial charge in [-0.2, -0.15) is 0 Å². The van der Waals surface area contributed by atoms with Crippen LogP contribution in [0.15, 0.2) is 48.5 Å². The summed E-state index contributed by atoms with van der Waals surface area (Å²) < 4.78 is 0. The summed E-state index contributed by atoms with van der Waals surface area (Å²) in [5.74, 6) is -0.439. The summed E-state index contributed by atoms with van der Waals surface area (Å²) in [6.07, 6.45) is 0.512. The van der Waals surface area contributed by atoms with Crippen molar-refractivity contribution in [3.05, 3.63) is 74.8 Å².